The maximum absolute atomic E-state index is 11.0. The molecule has 1 aromatic rings. The monoisotopic (exact) mass is 271 g/mol. The fraction of sp³-hybridized carbons (Fsp3) is 0.417. The zero-order chi connectivity index (χ0) is 13.4. The van der Waals surface area contributed by atoms with Gasteiger partial charge in [-0.25, -0.2) is 0 Å². The third-order valence-electron chi connectivity index (χ3n) is 2.34. The fourth-order valence-corrected chi connectivity index (χ4v) is 1.90. The maximum atomic E-state index is 11.0. The molecule has 0 aliphatic heterocycles. The minimum Gasteiger partial charge on any atom is -0.396 e. The molecular weight excluding hydrogens is 254 g/mol. The largest absolute Gasteiger partial charge is 0.396 e. The molecule has 5 nitrogen and oxygen atoms in total. The first-order chi connectivity index (χ1) is 8.55. The Morgan fingerprint density at radius 2 is 2.06 bits per heavy atom. The predicted octanol–water partition coefficient (Wildman–Crippen LogP) is 1.71. The lowest BCUT2D eigenvalue weighted by molar-refractivity contribution is 0.146. The van der Waals surface area contributed by atoms with Gasteiger partial charge in [-0.3, -0.25) is 4.18 Å². The van der Waals surface area contributed by atoms with E-state index < -0.39 is 10.1 Å². The zero-order valence-corrected chi connectivity index (χ0v) is 11.3. The van der Waals surface area contributed by atoms with Crippen molar-refractivity contribution < 1.29 is 17.4 Å². The van der Waals surface area contributed by atoms with Crippen molar-refractivity contribution in [2.75, 3.05) is 19.5 Å². The number of hydrogen-bond acceptors (Lipinski definition) is 5. The van der Waals surface area contributed by atoms with Crippen molar-refractivity contribution in [2.45, 2.75) is 13.3 Å². The van der Waals surface area contributed by atoms with Gasteiger partial charge in [0.25, 0.3) is 10.1 Å². The molecule has 6 heteroatoms. The maximum Gasteiger partial charge on any atom is 0.267 e. The van der Waals surface area contributed by atoms with Gasteiger partial charge in [0.1, 0.15) is 6.61 Å². The number of oxime groups is 1. The lowest BCUT2D eigenvalue weighted by atomic mass is 10.1. The number of hydrogen-bond donors (Lipinski definition) is 0. The Kier molecular flexibility index (Phi) is 5.80. The number of aryl methyl sites for hydroxylation is 1. The van der Waals surface area contributed by atoms with Gasteiger partial charge < -0.3 is 4.84 Å². The topological polar surface area (TPSA) is 65.0 Å². The van der Waals surface area contributed by atoms with Crippen LogP contribution >= 0.6 is 0 Å². The van der Waals surface area contributed by atoms with Gasteiger partial charge in [0.05, 0.1) is 19.1 Å². The lowest BCUT2D eigenvalue weighted by Gasteiger charge is -2.01. The molecule has 0 aliphatic rings. The van der Waals surface area contributed by atoms with Crippen LogP contribution in [0.15, 0.2) is 29.4 Å². The van der Waals surface area contributed by atoms with Gasteiger partial charge in [0, 0.05) is 6.42 Å². The molecule has 0 fully saturated rings. The second-order valence-electron chi connectivity index (χ2n) is 3.71. The summed E-state index contributed by atoms with van der Waals surface area (Å²) < 4.78 is 26.3. The van der Waals surface area contributed by atoms with Crippen molar-refractivity contribution in [1.29, 1.82) is 0 Å². The van der Waals surface area contributed by atoms with Crippen LogP contribution in [0.4, 0.5) is 0 Å². The number of rotatable bonds is 7. The molecular formula is C12H17NO4S. The second-order valence-corrected chi connectivity index (χ2v) is 5.56. The highest BCUT2D eigenvalue weighted by molar-refractivity contribution is 7.86. The highest BCUT2D eigenvalue weighted by Gasteiger charge is 2.07. The van der Waals surface area contributed by atoms with Gasteiger partial charge in [-0.05, 0) is 18.1 Å². The van der Waals surface area contributed by atoms with E-state index in [1.807, 2.05) is 31.2 Å². The summed E-state index contributed by atoms with van der Waals surface area (Å²) >= 11 is 0. The van der Waals surface area contributed by atoms with E-state index in [0.717, 1.165) is 18.2 Å². The van der Waals surface area contributed by atoms with Crippen LogP contribution in [-0.2, 0) is 19.1 Å². The Labute approximate surface area is 108 Å². The Balaban J connectivity index is 2.29. The molecule has 0 saturated carbocycles. The standard InChI is InChI=1S/C12H17NO4S/c1-11-6-3-4-7-12(11)10-13-17-8-5-9-18(14,15)16-2/h3-4,6-7,10H,5,8-9H2,1-2H3/b13-10+. The number of benzene rings is 1. The molecule has 0 amide bonds. The minimum atomic E-state index is -3.40. The van der Waals surface area contributed by atoms with Gasteiger partial charge in [0.2, 0.25) is 0 Å². The van der Waals surface area contributed by atoms with Crippen molar-refractivity contribution in [3.8, 4) is 0 Å². The van der Waals surface area contributed by atoms with E-state index in [9.17, 15) is 8.42 Å². The van der Waals surface area contributed by atoms with Gasteiger partial charge in [-0.2, -0.15) is 8.42 Å². The van der Waals surface area contributed by atoms with E-state index in [1.54, 1.807) is 6.21 Å². The summed E-state index contributed by atoms with van der Waals surface area (Å²) in [5.74, 6) is -0.0661. The molecule has 0 saturated heterocycles. The highest BCUT2D eigenvalue weighted by Crippen LogP contribution is 2.03. The SMILES string of the molecule is COS(=O)(=O)CCCO/N=C/c1ccccc1C. The molecule has 0 heterocycles. The third kappa shape index (κ3) is 5.29. The Morgan fingerprint density at radius 3 is 2.72 bits per heavy atom. The molecule has 0 aromatic heterocycles. The van der Waals surface area contributed by atoms with Gasteiger partial charge >= 0.3 is 0 Å². The van der Waals surface area contributed by atoms with E-state index in [-0.39, 0.29) is 12.4 Å². The quantitative estimate of drug-likeness (QED) is 0.328. The van der Waals surface area contributed by atoms with Gasteiger partial charge in [0.15, 0.2) is 0 Å². The number of nitrogens with zero attached hydrogens (tertiary/aromatic N) is 1. The normalized spacial score (nSPS) is 11.9. The van der Waals surface area contributed by atoms with Gasteiger partial charge in [-0.1, -0.05) is 29.4 Å². The van der Waals surface area contributed by atoms with Crippen LogP contribution in [-0.4, -0.2) is 34.1 Å². The summed E-state index contributed by atoms with van der Waals surface area (Å²) in [6.07, 6.45) is 1.96. The Bertz CT molecular complexity index is 497. The van der Waals surface area contributed by atoms with Crippen LogP contribution in [0.2, 0.25) is 0 Å². The third-order valence-corrected chi connectivity index (χ3v) is 3.64. The molecule has 0 aliphatic carbocycles. The van der Waals surface area contributed by atoms with Crippen LogP contribution in [0.3, 0.4) is 0 Å². The van der Waals surface area contributed by atoms with E-state index in [1.165, 1.54) is 0 Å². The molecule has 0 radical (unpaired) electrons. The van der Waals surface area contributed by atoms with Crippen LogP contribution in [0, 0.1) is 6.92 Å². The summed E-state index contributed by atoms with van der Waals surface area (Å²) in [5, 5.41) is 3.79. The molecule has 0 N–H and O–H groups in total. The average Bonchev–Trinajstić information content (AvgIpc) is 2.35. The molecule has 1 rings (SSSR count). The van der Waals surface area contributed by atoms with Crippen molar-refractivity contribution in [2.24, 2.45) is 5.16 Å². The zero-order valence-electron chi connectivity index (χ0n) is 10.5. The predicted molar refractivity (Wildman–Crippen MR) is 70.1 cm³/mol. The fourth-order valence-electron chi connectivity index (χ4n) is 1.26. The van der Waals surface area contributed by atoms with Crippen LogP contribution in [0.5, 0.6) is 0 Å². The van der Waals surface area contributed by atoms with E-state index in [2.05, 4.69) is 9.34 Å². The van der Waals surface area contributed by atoms with Crippen molar-refractivity contribution >= 4 is 16.3 Å². The second kappa shape index (κ2) is 7.13. The molecule has 1 aromatic carbocycles. The summed E-state index contributed by atoms with van der Waals surface area (Å²) in [6.45, 7) is 2.22. The van der Waals surface area contributed by atoms with Crippen molar-refractivity contribution in [1.82, 2.24) is 0 Å². The molecule has 0 unspecified atom stereocenters. The van der Waals surface area contributed by atoms with E-state index in [0.29, 0.717) is 6.42 Å². The van der Waals surface area contributed by atoms with Crippen LogP contribution in [0.1, 0.15) is 17.5 Å². The summed E-state index contributed by atoms with van der Waals surface area (Å²) in [6, 6.07) is 7.77. The molecule has 0 atom stereocenters. The van der Waals surface area contributed by atoms with Gasteiger partial charge in [-0.15, -0.1) is 0 Å². The first-order valence-electron chi connectivity index (χ1n) is 5.54. The Hall–Kier alpha value is -1.40. The van der Waals surface area contributed by atoms with Crippen molar-refractivity contribution in [3.05, 3.63) is 35.4 Å². The van der Waals surface area contributed by atoms with E-state index in [4.69, 9.17) is 4.84 Å². The molecule has 0 bridgehead atoms. The summed E-state index contributed by atoms with van der Waals surface area (Å²) in [4.78, 5) is 4.98. The molecule has 18 heavy (non-hydrogen) atoms. The van der Waals surface area contributed by atoms with Crippen LogP contribution in [0.25, 0.3) is 0 Å². The van der Waals surface area contributed by atoms with E-state index >= 15 is 0 Å². The van der Waals surface area contributed by atoms with Crippen molar-refractivity contribution in [3.63, 3.8) is 0 Å². The smallest absolute Gasteiger partial charge is 0.267 e. The minimum absolute atomic E-state index is 0.0661. The first-order valence-corrected chi connectivity index (χ1v) is 7.12. The van der Waals surface area contributed by atoms with Crippen LogP contribution < -0.4 is 0 Å². The molecule has 100 valence electrons. The summed E-state index contributed by atoms with van der Waals surface area (Å²) in [7, 11) is -2.25. The lowest BCUT2D eigenvalue weighted by Crippen LogP contribution is -2.09. The Morgan fingerprint density at radius 1 is 1.33 bits per heavy atom. The molecule has 0 spiro atoms. The average molecular weight is 271 g/mol. The summed E-state index contributed by atoms with van der Waals surface area (Å²) in [5.41, 5.74) is 2.08. The highest BCUT2D eigenvalue weighted by atomic mass is 32.2. The first kappa shape index (κ1) is 14.7.